The Kier molecular flexibility index (Phi) is 7.16. The van der Waals surface area contributed by atoms with Crippen molar-refractivity contribution in [1.29, 1.82) is 0 Å². The fraction of sp³-hybridized carbons (Fsp3) is 0.450. The molecule has 0 atom stereocenters. The molecule has 1 aliphatic heterocycles. The highest BCUT2D eigenvalue weighted by atomic mass is 16.5. The first-order valence-corrected chi connectivity index (χ1v) is 9.55. The molecule has 2 heterocycles. The molecule has 1 aliphatic rings. The number of rotatable bonds is 8. The maximum absolute atomic E-state index is 12.2. The molecule has 2 N–H and O–H groups in total. The predicted octanol–water partition coefficient (Wildman–Crippen LogP) is 2.07. The lowest BCUT2D eigenvalue weighted by Crippen LogP contribution is -2.41. The summed E-state index contributed by atoms with van der Waals surface area (Å²) < 4.78 is 11.1. The Labute approximate surface area is 165 Å². The summed E-state index contributed by atoms with van der Waals surface area (Å²) in [6.45, 7) is 8.62. The number of amides is 1. The van der Waals surface area contributed by atoms with Gasteiger partial charge in [-0.2, -0.15) is 0 Å². The topological polar surface area (TPSA) is 88.6 Å². The Morgan fingerprint density at radius 3 is 2.71 bits per heavy atom. The largest absolute Gasteiger partial charge is 0.489 e. The van der Waals surface area contributed by atoms with E-state index in [2.05, 4.69) is 25.5 Å². The highest BCUT2D eigenvalue weighted by molar-refractivity contribution is 5.92. The summed E-state index contributed by atoms with van der Waals surface area (Å²) in [5.41, 5.74) is 1.09. The summed E-state index contributed by atoms with van der Waals surface area (Å²) in [5, 5.41) is 6.06. The zero-order valence-corrected chi connectivity index (χ0v) is 16.4. The molecule has 0 bridgehead atoms. The van der Waals surface area contributed by atoms with Gasteiger partial charge in [-0.1, -0.05) is 12.1 Å². The molecule has 0 unspecified atom stereocenters. The van der Waals surface area contributed by atoms with E-state index in [0.717, 1.165) is 44.3 Å². The van der Waals surface area contributed by atoms with Crippen molar-refractivity contribution in [2.75, 3.05) is 44.7 Å². The third kappa shape index (κ3) is 5.90. The second-order valence-electron chi connectivity index (χ2n) is 6.78. The van der Waals surface area contributed by atoms with Gasteiger partial charge in [0, 0.05) is 26.2 Å². The van der Waals surface area contributed by atoms with Gasteiger partial charge in [0.1, 0.15) is 17.3 Å². The van der Waals surface area contributed by atoms with Gasteiger partial charge in [0.2, 0.25) is 0 Å². The molecule has 1 saturated heterocycles. The lowest BCUT2D eigenvalue weighted by Gasteiger charge is -2.26. The van der Waals surface area contributed by atoms with Crippen LogP contribution in [0.3, 0.4) is 0 Å². The average molecular weight is 385 g/mol. The molecule has 8 nitrogen and oxygen atoms in total. The van der Waals surface area contributed by atoms with E-state index < -0.39 is 0 Å². The Hall–Kier alpha value is -2.71. The Bertz CT molecular complexity index is 761. The summed E-state index contributed by atoms with van der Waals surface area (Å²) >= 11 is 0. The molecule has 1 fully saturated rings. The third-order valence-electron chi connectivity index (χ3n) is 4.21. The van der Waals surface area contributed by atoms with Gasteiger partial charge in [-0.3, -0.25) is 9.69 Å². The van der Waals surface area contributed by atoms with Crippen molar-refractivity contribution in [1.82, 2.24) is 20.2 Å². The van der Waals surface area contributed by atoms with E-state index in [1.54, 1.807) is 6.20 Å². The summed E-state index contributed by atoms with van der Waals surface area (Å²) in [7, 11) is 0. The molecule has 8 heteroatoms. The average Bonchev–Trinajstić information content (AvgIpc) is 2.70. The number of nitrogens with zero attached hydrogens (tertiary/aromatic N) is 3. The number of nitrogens with one attached hydrogen (secondary N) is 2. The van der Waals surface area contributed by atoms with Gasteiger partial charge in [-0.15, -0.1) is 0 Å². The van der Waals surface area contributed by atoms with Crippen LogP contribution in [-0.2, 0) is 4.74 Å². The number of para-hydroxylation sites is 2. The minimum atomic E-state index is -0.226. The maximum Gasteiger partial charge on any atom is 0.271 e. The highest BCUT2D eigenvalue weighted by Crippen LogP contribution is 2.27. The Morgan fingerprint density at radius 1 is 1.21 bits per heavy atom. The van der Waals surface area contributed by atoms with Crippen LogP contribution in [0.5, 0.6) is 5.75 Å². The monoisotopic (exact) mass is 385 g/mol. The van der Waals surface area contributed by atoms with Crippen LogP contribution in [0.25, 0.3) is 0 Å². The minimum absolute atomic E-state index is 0.0672. The van der Waals surface area contributed by atoms with Crippen LogP contribution in [0.15, 0.2) is 36.7 Å². The van der Waals surface area contributed by atoms with E-state index in [1.807, 2.05) is 38.1 Å². The minimum Gasteiger partial charge on any atom is -0.489 e. The van der Waals surface area contributed by atoms with Crippen molar-refractivity contribution in [2.24, 2.45) is 0 Å². The van der Waals surface area contributed by atoms with Crippen LogP contribution in [0, 0.1) is 0 Å². The first-order chi connectivity index (χ1) is 13.6. The van der Waals surface area contributed by atoms with Gasteiger partial charge in [-0.05, 0) is 26.0 Å². The van der Waals surface area contributed by atoms with Crippen LogP contribution in [0.4, 0.5) is 11.5 Å². The number of ether oxygens (including phenoxy) is 2. The molecule has 150 valence electrons. The molecule has 1 amide bonds. The quantitative estimate of drug-likeness (QED) is 0.719. The maximum atomic E-state index is 12.2. The fourth-order valence-corrected chi connectivity index (χ4v) is 2.82. The number of carbonyl (C=O) groups is 1. The van der Waals surface area contributed by atoms with Crippen molar-refractivity contribution < 1.29 is 14.3 Å². The second kappa shape index (κ2) is 10.0. The van der Waals surface area contributed by atoms with Gasteiger partial charge in [0.25, 0.3) is 5.91 Å². The highest BCUT2D eigenvalue weighted by Gasteiger charge is 2.12. The molecule has 1 aromatic heterocycles. The molecule has 1 aromatic carbocycles. The van der Waals surface area contributed by atoms with E-state index in [-0.39, 0.29) is 12.0 Å². The SMILES string of the molecule is CC(C)Oc1ccccc1Nc1cnc(C(=O)NCCN2CCOCC2)cn1. The van der Waals surface area contributed by atoms with Crippen molar-refractivity contribution in [3.63, 3.8) is 0 Å². The molecule has 0 spiro atoms. The van der Waals surface area contributed by atoms with Gasteiger partial charge in [0.05, 0.1) is 37.4 Å². The molecule has 0 saturated carbocycles. The summed E-state index contributed by atoms with van der Waals surface area (Å²) in [6, 6.07) is 7.63. The number of anilines is 2. The molecular weight excluding hydrogens is 358 g/mol. The zero-order valence-electron chi connectivity index (χ0n) is 16.4. The smallest absolute Gasteiger partial charge is 0.271 e. The van der Waals surface area contributed by atoms with Crippen molar-refractivity contribution >= 4 is 17.4 Å². The van der Waals surface area contributed by atoms with E-state index >= 15 is 0 Å². The van der Waals surface area contributed by atoms with Gasteiger partial charge < -0.3 is 20.1 Å². The number of hydrogen-bond donors (Lipinski definition) is 2. The molecule has 3 rings (SSSR count). The number of benzene rings is 1. The number of carbonyl (C=O) groups excluding carboxylic acids is 1. The van der Waals surface area contributed by atoms with Crippen molar-refractivity contribution in [3.8, 4) is 5.75 Å². The van der Waals surface area contributed by atoms with Gasteiger partial charge >= 0.3 is 0 Å². The predicted molar refractivity (Wildman–Crippen MR) is 107 cm³/mol. The van der Waals surface area contributed by atoms with E-state index in [9.17, 15) is 4.79 Å². The van der Waals surface area contributed by atoms with Crippen LogP contribution in [0.1, 0.15) is 24.3 Å². The van der Waals surface area contributed by atoms with Crippen LogP contribution < -0.4 is 15.4 Å². The second-order valence-corrected chi connectivity index (χ2v) is 6.78. The summed E-state index contributed by atoms with van der Waals surface area (Å²) in [6.07, 6.45) is 3.08. The number of aromatic nitrogens is 2. The fourth-order valence-electron chi connectivity index (χ4n) is 2.82. The van der Waals surface area contributed by atoms with Crippen LogP contribution in [0.2, 0.25) is 0 Å². The van der Waals surface area contributed by atoms with Crippen LogP contribution >= 0.6 is 0 Å². The molecular formula is C20H27N5O3. The third-order valence-corrected chi connectivity index (χ3v) is 4.21. The lowest BCUT2D eigenvalue weighted by atomic mass is 10.3. The molecule has 0 aliphatic carbocycles. The van der Waals surface area contributed by atoms with E-state index in [4.69, 9.17) is 9.47 Å². The number of morpholine rings is 1. The first kappa shape index (κ1) is 20.0. The van der Waals surface area contributed by atoms with Crippen molar-refractivity contribution in [3.05, 3.63) is 42.4 Å². The summed E-state index contributed by atoms with van der Waals surface area (Å²) in [4.78, 5) is 23.0. The molecule has 28 heavy (non-hydrogen) atoms. The Morgan fingerprint density at radius 2 is 2.00 bits per heavy atom. The molecule has 2 aromatic rings. The van der Waals surface area contributed by atoms with Crippen molar-refractivity contribution in [2.45, 2.75) is 20.0 Å². The standard InChI is InChI=1S/C20H27N5O3/c1-15(2)28-18-6-4-3-5-16(18)24-19-14-22-17(13-23-19)20(26)21-7-8-25-9-11-27-12-10-25/h3-6,13-15H,7-12H2,1-2H3,(H,21,26)(H,23,24). The first-order valence-electron chi connectivity index (χ1n) is 9.55. The van der Waals surface area contributed by atoms with Gasteiger partial charge in [0.15, 0.2) is 0 Å². The lowest BCUT2D eigenvalue weighted by molar-refractivity contribution is 0.0383. The van der Waals surface area contributed by atoms with E-state index in [1.165, 1.54) is 6.20 Å². The Balaban J connectivity index is 1.52. The van der Waals surface area contributed by atoms with Gasteiger partial charge in [-0.25, -0.2) is 9.97 Å². The normalized spacial score (nSPS) is 14.7. The number of hydrogen-bond acceptors (Lipinski definition) is 7. The zero-order chi connectivity index (χ0) is 19.8. The van der Waals surface area contributed by atoms with E-state index in [0.29, 0.717) is 18.1 Å². The van der Waals surface area contributed by atoms with Crippen LogP contribution in [-0.4, -0.2) is 66.3 Å². The summed E-state index contributed by atoms with van der Waals surface area (Å²) in [5.74, 6) is 1.06. The molecule has 0 radical (unpaired) electrons.